The van der Waals surface area contributed by atoms with Crippen molar-refractivity contribution in [2.24, 2.45) is 5.73 Å². The number of hydrogen-bond donors (Lipinski definition) is 2. The summed E-state index contributed by atoms with van der Waals surface area (Å²) in [5.74, 6) is 0. The SMILES string of the molecule is CCOC(=O)NCC=COC(N)=O. The van der Waals surface area contributed by atoms with E-state index in [2.05, 4.69) is 20.5 Å². The van der Waals surface area contributed by atoms with Gasteiger partial charge >= 0.3 is 12.2 Å². The molecular formula is C7H12N2O4. The molecule has 0 unspecified atom stereocenters. The van der Waals surface area contributed by atoms with Crippen LogP contribution in [0, 0.1) is 0 Å². The van der Waals surface area contributed by atoms with Crippen LogP contribution in [0.1, 0.15) is 6.92 Å². The Balaban J connectivity index is 3.38. The maximum atomic E-state index is 10.6. The number of nitrogens with one attached hydrogen (secondary N) is 1. The molecule has 0 heterocycles. The molecule has 13 heavy (non-hydrogen) atoms. The quantitative estimate of drug-likeness (QED) is 0.622. The summed E-state index contributed by atoms with van der Waals surface area (Å²) in [5, 5.41) is 2.38. The molecule has 2 amide bonds. The van der Waals surface area contributed by atoms with Crippen LogP contribution < -0.4 is 11.1 Å². The van der Waals surface area contributed by atoms with E-state index in [1.165, 1.54) is 6.08 Å². The number of amides is 2. The molecule has 0 fully saturated rings. The third-order valence-electron chi connectivity index (χ3n) is 0.920. The number of primary amides is 1. The van der Waals surface area contributed by atoms with Gasteiger partial charge in [-0.05, 0) is 13.0 Å². The summed E-state index contributed by atoms with van der Waals surface area (Å²) in [6.07, 6.45) is 1.09. The number of carbonyl (C=O) groups is 2. The Morgan fingerprint density at radius 1 is 1.54 bits per heavy atom. The van der Waals surface area contributed by atoms with Gasteiger partial charge in [0.15, 0.2) is 0 Å². The minimum Gasteiger partial charge on any atom is -0.450 e. The van der Waals surface area contributed by atoms with Gasteiger partial charge in [0.05, 0.1) is 12.9 Å². The van der Waals surface area contributed by atoms with E-state index in [0.717, 1.165) is 6.26 Å². The summed E-state index contributed by atoms with van der Waals surface area (Å²) in [6, 6.07) is 0. The number of hydrogen-bond acceptors (Lipinski definition) is 4. The molecule has 3 N–H and O–H groups in total. The van der Waals surface area contributed by atoms with Gasteiger partial charge in [0.1, 0.15) is 0 Å². The van der Waals surface area contributed by atoms with Gasteiger partial charge in [0.25, 0.3) is 0 Å². The Kier molecular flexibility index (Phi) is 6.04. The minimum atomic E-state index is -0.896. The number of ether oxygens (including phenoxy) is 2. The van der Waals surface area contributed by atoms with E-state index in [1.54, 1.807) is 6.92 Å². The van der Waals surface area contributed by atoms with Crippen LogP contribution in [-0.4, -0.2) is 25.3 Å². The fraction of sp³-hybridized carbons (Fsp3) is 0.429. The first-order chi connectivity index (χ1) is 6.16. The van der Waals surface area contributed by atoms with Crippen molar-refractivity contribution in [1.29, 1.82) is 0 Å². The molecule has 74 valence electrons. The maximum absolute atomic E-state index is 10.6. The van der Waals surface area contributed by atoms with Crippen molar-refractivity contribution in [3.8, 4) is 0 Å². The third kappa shape index (κ3) is 8.18. The zero-order valence-electron chi connectivity index (χ0n) is 7.28. The molecule has 0 saturated heterocycles. The van der Waals surface area contributed by atoms with Gasteiger partial charge in [-0.3, -0.25) is 0 Å². The van der Waals surface area contributed by atoms with Crippen LogP contribution >= 0.6 is 0 Å². The van der Waals surface area contributed by atoms with Gasteiger partial charge in [0, 0.05) is 6.54 Å². The minimum absolute atomic E-state index is 0.214. The van der Waals surface area contributed by atoms with Gasteiger partial charge in [-0.25, -0.2) is 9.59 Å². The number of nitrogens with two attached hydrogens (primary N) is 1. The van der Waals surface area contributed by atoms with Gasteiger partial charge in [-0.1, -0.05) is 0 Å². The Bertz CT molecular complexity index is 203. The highest BCUT2D eigenvalue weighted by molar-refractivity contribution is 5.67. The Morgan fingerprint density at radius 2 is 2.23 bits per heavy atom. The monoisotopic (exact) mass is 188 g/mol. The molecule has 0 aliphatic heterocycles. The van der Waals surface area contributed by atoms with Gasteiger partial charge in [0.2, 0.25) is 0 Å². The van der Waals surface area contributed by atoms with Crippen LogP contribution in [0.2, 0.25) is 0 Å². The molecule has 0 bridgehead atoms. The van der Waals surface area contributed by atoms with E-state index in [-0.39, 0.29) is 6.54 Å². The molecule has 6 nitrogen and oxygen atoms in total. The molecule has 0 atom stereocenters. The second-order valence-electron chi connectivity index (χ2n) is 1.91. The summed E-state index contributed by atoms with van der Waals surface area (Å²) < 4.78 is 8.80. The van der Waals surface area contributed by atoms with E-state index < -0.39 is 12.2 Å². The van der Waals surface area contributed by atoms with Crippen LogP contribution in [0.5, 0.6) is 0 Å². The summed E-state index contributed by atoms with van der Waals surface area (Å²) in [7, 11) is 0. The van der Waals surface area contributed by atoms with Crippen molar-refractivity contribution in [1.82, 2.24) is 5.32 Å². The van der Waals surface area contributed by atoms with Crippen molar-refractivity contribution >= 4 is 12.2 Å². The molecular weight excluding hydrogens is 176 g/mol. The van der Waals surface area contributed by atoms with Crippen LogP contribution in [-0.2, 0) is 9.47 Å². The van der Waals surface area contributed by atoms with Crippen molar-refractivity contribution < 1.29 is 19.1 Å². The average molecular weight is 188 g/mol. The molecule has 0 aromatic rings. The van der Waals surface area contributed by atoms with E-state index in [9.17, 15) is 9.59 Å². The van der Waals surface area contributed by atoms with Crippen molar-refractivity contribution in [2.75, 3.05) is 13.2 Å². The summed E-state index contributed by atoms with van der Waals surface area (Å²) >= 11 is 0. The molecule has 0 aromatic heterocycles. The van der Waals surface area contributed by atoms with Crippen molar-refractivity contribution in [3.63, 3.8) is 0 Å². The molecule has 0 spiro atoms. The molecule has 0 rings (SSSR count). The first-order valence-electron chi connectivity index (χ1n) is 3.68. The Morgan fingerprint density at radius 3 is 2.77 bits per heavy atom. The number of carbonyl (C=O) groups excluding carboxylic acids is 2. The highest BCUT2D eigenvalue weighted by atomic mass is 16.5. The highest BCUT2D eigenvalue weighted by Gasteiger charge is 1.95. The first-order valence-corrected chi connectivity index (χ1v) is 3.68. The van der Waals surface area contributed by atoms with Crippen molar-refractivity contribution in [2.45, 2.75) is 6.92 Å². The molecule has 0 radical (unpaired) electrons. The van der Waals surface area contributed by atoms with Gasteiger partial charge in [-0.2, -0.15) is 0 Å². The molecule has 6 heteroatoms. The number of alkyl carbamates (subject to hydrolysis) is 1. The molecule has 0 saturated carbocycles. The first kappa shape index (κ1) is 11.3. The second kappa shape index (κ2) is 6.96. The predicted molar refractivity (Wildman–Crippen MR) is 44.8 cm³/mol. The van der Waals surface area contributed by atoms with Crippen LogP contribution in [0.15, 0.2) is 12.3 Å². The lowest BCUT2D eigenvalue weighted by Gasteiger charge is -2.00. The lowest BCUT2D eigenvalue weighted by atomic mass is 10.6. The van der Waals surface area contributed by atoms with Crippen molar-refractivity contribution in [3.05, 3.63) is 12.3 Å². The fourth-order valence-electron chi connectivity index (χ4n) is 0.488. The standard InChI is InChI=1S/C7H12N2O4/c1-2-12-7(11)9-4-3-5-13-6(8)10/h3,5H,2,4H2,1H3,(H2,8,10)(H,9,11). The maximum Gasteiger partial charge on any atom is 0.409 e. The topological polar surface area (TPSA) is 90.7 Å². The Labute approximate surface area is 75.7 Å². The van der Waals surface area contributed by atoms with Crippen LogP contribution in [0.3, 0.4) is 0 Å². The average Bonchev–Trinajstić information content (AvgIpc) is 2.03. The summed E-state index contributed by atoms with van der Waals surface area (Å²) in [5.41, 5.74) is 4.66. The van der Waals surface area contributed by atoms with E-state index in [4.69, 9.17) is 0 Å². The van der Waals surface area contributed by atoms with Crippen LogP contribution in [0.4, 0.5) is 9.59 Å². The number of rotatable bonds is 4. The van der Waals surface area contributed by atoms with E-state index >= 15 is 0 Å². The molecule has 0 aliphatic carbocycles. The predicted octanol–water partition coefficient (Wildman–Crippen LogP) is 0.342. The van der Waals surface area contributed by atoms with Crippen LogP contribution in [0.25, 0.3) is 0 Å². The zero-order valence-corrected chi connectivity index (χ0v) is 7.28. The van der Waals surface area contributed by atoms with E-state index in [1.807, 2.05) is 0 Å². The van der Waals surface area contributed by atoms with Gasteiger partial charge < -0.3 is 20.5 Å². The van der Waals surface area contributed by atoms with E-state index in [0.29, 0.717) is 6.61 Å². The molecule has 0 aliphatic rings. The summed E-state index contributed by atoms with van der Waals surface area (Å²) in [4.78, 5) is 20.7. The third-order valence-corrected chi connectivity index (χ3v) is 0.920. The summed E-state index contributed by atoms with van der Waals surface area (Å²) in [6.45, 7) is 2.23. The lowest BCUT2D eigenvalue weighted by molar-refractivity contribution is 0.153. The fourth-order valence-corrected chi connectivity index (χ4v) is 0.488. The highest BCUT2D eigenvalue weighted by Crippen LogP contribution is 1.78. The zero-order chi connectivity index (χ0) is 10.1. The second-order valence-corrected chi connectivity index (χ2v) is 1.91. The molecule has 0 aromatic carbocycles. The Hall–Kier alpha value is -1.72. The normalized spacial score (nSPS) is 9.62. The lowest BCUT2D eigenvalue weighted by Crippen LogP contribution is -2.24. The van der Waals surface area contributed by atoms with Gasteiger partial charge in [-0.15, -0.1) is 0 Å². The largest absolute Gasteiger partial charge is 0.450 e. The smallest absolute Gasteiger partial charge is 0.409 e.